The first-order valence-corrected chi connectivity index (χ1v) is 8.95. The van der Waals surface area contributed by atoms with Crippen LogP contribution in [0.1, 0.15) is 29.8 Å². The summed E-state index contributed by atoms with van der Waals surface area (Å²) in [5.74, 6) is 0.434. The Balaban J connectivity index is 1.80. The molecular weight excluding hydrogens is 400 g/mol. The minimum Gasteiger partial charge on any atom is -0.479 e. The number of carbonyl (C=O) groups is 2. The monoisotopic (exact) mass is 416 g/mol. The van der Waals surface area contributed by atoms with Gasteiger partial charge in [0.2, 0.25) is 5.78 Å². The van der Waals surface area contributed by atoms with E-state index in [2.05, 4.69) is 15.9 Å². The van der Waals surface area contributed by atoms with Crippen LogP contribution in [0.4, 0.5) is 0 Å². The third-order valence-electron chi connectivity index (χ3n) is 3.76. The highest BCUT2D eigenvalue weighted by atomic mass is 79.9. The molecule has 3 rings (SSSR count). The highest BCUT2D eigenvalue weighted by Gasteiger charge is 2.28. The van der Waals surface area contributed by atoms with E-state index in [0.29, 0.717) is 17.1 Å². The van der Waals surface area contributed by atoms with Crippen LogP contribution in [-0.2, 0) is 9.53 Å². The molecule has 0 saturated carbocycles. The molecule has 0 amide bonds. The van der Waals surface area contributed by atoms with Crippen LogP contribution in [-0.4, -0.2) is 24.5 Å². The predicted molar refractivity (Wildman–Crippen MR) is 100 cm³/mol. The van der Waals surface area contributed by atoms with Gasteiger partial charge in [0.25, 0.3) is 0 Å². The standard InChI is InChI=1S/C20H17BrO5/c1-3-24-20(23)12(2)25-14-8-9-15-17(11-14)26-18(19(15)22)10-13-6-4-5-7-16(13)21/h4-12H,3H2,1-2H3/b18-10-/t12-/m1/s1. The van der Waals surface area contributed by atoms with E-state index in [1.54, 1.807) is 38.1 Å². The van der Waals surface area contributed by atoms with Gasteiger partial charge in [-0.05, 0) is 43.7 Å². The van der Waals surface area contributed by atoms with Crippen molar-refractivity contribution < 1.29 is 23.8 Å². The van der Waals surface area contributed by atoms with Gasteiger partial charge in [-0.25, -0.2) is 4.79 Å². The number of ketones is 1. The Morgan fingerprint density at radius 1 is 1.27 bits per heavy atom. The molecule has 0 aromatic heterocycles. The molecule has 2 aromatic carbocycles. The summed E-state index contributed by atoms with van der Waals surface area (Å²) < 4.78 is 17.1. The number of ether oxygens (including phenoxy) is 3. The first-order chi connectivity index (χ1) is 12.5. The number of fused-ring (bicyclic) bond motifs is 1. The number of carbonyl (C=O) groups excluding carboxylic acids is 2. The molecule has 6 heteroatoms. The zero-order chi connectivity index (χ0) is 18.7. The Morgan fingerprint density at radius 2 is 2.04 bits per heavy atom. The van der Waals surface area contributed by atoms with Crippen molar-refractivity contribution in [3.8, 4) is 11.5 Å². The Hall–Kier alpha value is -2.60. The minimum absolute atomic E-state index is 0.194. The summed E-state index contributed by atoms with van der Waals surface area (Å²) in [6.07, 6.45) is 0.939. The van der Waals surface area contributed by atoms with Crippen LogP contribution >= 0.6 is 15.9 Å². The molecule has 5 nitrogen and oxygen atoms in total. The molecule has 0 N–H and O–H groups in total. The lowest BCUT2D eigenvalue weighted by Gasteiger charge is -2.13. The van der Waals surface area contributed by atoms with Crippen molar-refractivity contribution in [2.24, 2.45) is 0 Å². The molecule has 1 aliphatic heterocycles. The van der Waals surface area contributed by atoms with Crippen LogP contribution < -0.4 is 9.47 Å². The fraction of sp³-hybridized carbons (Fsp3) is 0.200. The van der Waals surface area contributed by atoms with Gasteiger partial charge in [0.1, 0.15) is 11.5 Å². The van der Waals surface area contributed by atoms with E-state index >= 15 is 0 Å². The van der Waals surface area contributed by atoms with Gasteiger partial charge in [0.15, 0.2) is 11.9 Å². The summed E-state index contributed by atoms with van der Waals surface area (Å²) in [4.78, 5) is 24.2. The fourth-order valence-corrected chi connectivity index (χ4v) is 2.89. The van der Waals surface area contributed by atoms with Crippen molar-refractivity contribution in [2.45, 2.75) is 20.0 Å². The van der Waals surface area contributed by atoms with Gasteiger partial charge >= 0.3 is 5.97 Å². The normalized spacial score (nSPS) is 15.3. The lowest BCUT2D eigenvalue weighted by Crippen LogP contribution is -2.26. The molecule has 1 aliphatic rings. The summed E-state index contributed by atoms with van der Waals surface area (Å²) >= 11 is 3.45. The Labute approximate surface area is 159 Å². The van der Waals surface area contributed by atoms with Gasteiger partial charge in [0.05, 0.1) is 12.2 Å². The quantitative estimate of drug-likeness (QED) is 0.533. The van der Waals surface area contributed by atoms with Crippen molar-refractivity contribution in [3.05, 3.63) is 63.8 Å². The maximum Gasteiger partial charge on any atom is 0.347 e. The van der Waals surface area contributed by atoms with Crippen molar-refractivity contribution in [1.29, 1.82) is 0 Å². The van der Waals surface area contributed by atoms with Crippen molar-refractivity contribution in [2.75, 3.05) is 6.61 Å². The topological polar surface area (TPSA) is 61.8 Å². The van der Waals surface area contributed by atoms with Crippen LogP contribution in [0.25, 0.3) is 6.08 Å². The number of allylic oxidation sites excluding steroid dienone is 1. The number of rotatable bonds is 5. The number of hydrogen-bond acceptors (Lipinski definition) is 5. The molecule has 26 heavy (non-hydrogen) atoms. The second kappa shape index (κ2) is 7.74. The Morgan fingerprint density at radius 3 is 2.77 bits per heavy atom. The van der Waals surface area contributed by atoms with E-state index in [0.717, 1.165) is 10.0 Å². The summed E-state index contributed by atoms with van der Waals surface area (Å²) in [6, 6.07) is 12.4. The molecule has 0 spiro atoms. The lowest BCUT2D eigenvalue weighted by molar-refractivity contribution is -0.150. The SMILES string of the molecule is CCOC(=O)[C@@H](C)Oc1ccc2c(c1)O/C(=C\c1ccccc1Br)C2=O. The molecule has 2 aromatic rings. The summed E-state index contributed by atoms with van der Waals surface area (Å²) in [7, 11) is 0. The van der Waals surface area contributed by atoms with Gasteiger partial charge in [-0.3, -0.25) is 4.79 Å². The molecule has 0 saturated heterocycles. The Bertz CT molecular complexity index is 888. The largest absolute Gasteiger partial charge is 0.479 e. The Kier molecular flexibility index (Phi) is 5.42. The van der Waals surface area contributed by atoms with E-state index in [1.807, 2.05) is 24.3 Å². The zero-order valence-corrected chi connectivity index (χ0v) is 15.9. The molecule has 0 aliphatic carbocycles. The molecule has 1 atom stereocenters. The minimum atomic E-state index is -0.750. The van der Waals surface area contributed by atoms with Crippen LogP contribution in [0.3, 0.4) is 0 Å². The van der Waals surface area contributed by atoms with Crippen LogP contribution in [0, 0.1) is 0 Å². The van der Waals surface area contributed by atoms with Crippen molar-refractivity contribution >= 4 is 33.8 Å². The average Bonchev–Trinajstić information content (AvgIpc) is 2.92. The van der Waals surface area contributed by atoms with Gasteiger partial charge < -0.3 is 14.2 Å². The second-order valence-electron chi connectivity index (χ2n) is 5.63. The van der Waals surface area contributed by atoms with E-state index in [4.69, 9.17) is 14.2 Å². The summed E-state index contributed by atoms with van der Waals surface area (Å²) in [6.45, 7) is 3.63. The lowest BCUT2D eigenvalue weighted by atomic mass is 10.1. The maximum absolute atomic E-state index is 12.5. The van der Waals surface area contributed by atoms with Gasteiger partial charge in [-0.2, -0.15) is 0 Å². The maximum atomic E-state index is 12.5. The van der Waals surface area contributed by atoms with Crippen molar-refractivity contribution in [1.82, 2.24) is 0 Å². The third-order valence-corrected chi connectivity index (χ3v) is 4.49. The number of esters is 1. The first-order valence-electron chi connectivity index (χ1n) is 8.15. The molecule has 1 heterocycles. The zero-order valence-electron chi connectivity index (χ0n) is 14.3. The van der Waals surface area contributed by atoms with Gasteiger partial charge in [0, 0.05) is 10.5 Å². The van der Waals surface area contributed by atoms with Gasteiger partial charge in [-0.1, -0.05) is 34.1 Å². The third kappa shape index (κ3) is 3.80. The average molecular weight is 417 g/mol. The van der Waals surface area contributed by atoms with E-state index < -0.39 is 12.1 Å². The smallest absolute Gasteiger partial charge is 0.347 e. The molecule has 0 bridgehead atoms. The molecule has 0 radical (unpaired) electrons. The second-order valence-corrected chi connectivity index (χ2v) is 6.49. The molecule has 0 unspecified atom stereocenters. The summed E-state index contributed by atoms with van der Waals surface area (Å²) in [5.41, 5.74) is 1.30. The van der Waals surface area contributed by atoms with E-state index in [-0.39, 0.29) is 18.1 Å². The van der Waals surface area contributed by atoms with E-state index in [9.17, 15) is 9.59 Å². The van der Waals surface area contributed by atoms with E-state index in [1.165, 1.54) is 0 Å². The molecule has 134 valence electrons. The number of Topliss-reactive ketones (excluding diaryl/α,β-unsaturated/α-hetero) is 1. The van der Waals surface area contributed by atoms with Crippen molar-refractivity contribution in [3.63, 3.8) is 0 Å². The van der Waals surface area contributed by atoms with Crippen LogP contribution in [0.15, 0.2) is 52.7 Å². The highest BCUT2D eigenvalue weighted by molar-refractivity contribution is 9.10. The van der Waals surface area contributed by atoms with Crippen LogP contribution in [0.5, 0.6) is 11.5 Å². The number of benzene rings is 2. The first kappa shape index (κ1) is 18.2. The predicted octanol–water partition coefficient (Wildman–Crippen LogP) is 4.40. The van der Waals surface area contributed by atoms with Crippen LogP contribution in [0.2, 0.25) is 0 Å². The van der Waals surface area contributed by atoms with Gasteiger partial charge in [-0.15, -0.1) is 0 Å². The number of hydrogen-bond donors (Lipinski definition) is 0. The fourth-order valence-electron chi connectivity index (χ4n) is 2.49. The highest BCUT2D eigenvalue weighted by Crippen LogP contribution is 2.35. The number of halogens is 1. The molecular formula is C20H17BrO5. The summed E-state index contributed by atoms with van der Waals surface area (Å²) in [5, 5.41) is 0. The molecule has 0 fully saturated rings.